The van der Waals surface area contributed by atoms with Crippen molar-refractivity contribution in [3.8, 4) is 0 Å². The van der Waals surface area contributed by atoms with Gasteiger partial charge in [-0.2, -0.15) is 11.8 Å². The molecule has 3 nitrogen and oxygen atoms in total. The van der Waals surface area contributed by atoms with E-state index in [2.05, 4.69) is 35.9 Å². The summed E-state index contributed by atoms with van der Waals surface area (Å²) in [5.74, 6) is 2.14. The molecular weight excluding hydrogens is 278 g/mol. The van der Waals surface area contributed by atoms with Crippen LogP contribution in [0, 0.1) is 0 Å². The van der Waals surface area contributed by atoms with E-state index in [9.17, 15) is 0 Å². The van der Waals surface area contributed by atoms with Gasteiger partial charge in [0.15, 0.2) is 0 Å². The van der Waals surface area contributed by atoms with Gasteiger partial charge in [-0.1, -0.05) is 38.3 Å². The summed E-state index contributed by atoms with van der Waals surface area (Å²) in [6.45, 7) is 3.28. The number of aromatic nitrogens is 2. The summed E-state index contributed by atoms with van der Waals surface area (Å²) in [6, 6.07) is 8.42. The van der Waals surface area contributed by atoms with Gasteiger partial charge in [-0.05, 0) is 37.0 Å². The molecule has 0 aliphatic rings. The SMILES string of the molecule is CCCCCCn1c(C(N)CCSC)nc2ccccc21. The van der Waals surface area contributed by atoms with Crippen molar-refractivity contribution in [1.82, 2.24) is 9.55 Å². The summed E-state index contributed by atoms with van der Waals surface area (Å²) in [4.78, 5) is 4.79. The van der Waals surface area contributed by atoms with Crippen molar-refractivity contribution < 1.29 is 0 Å². The van der Waals surface area contributed by atoms with E-state index in [1.165, 1.54) is 31.2 Å². The highest BCUT2D eigenvalue weighted by atomic mass is 32.2. The van der Waals surface area contributed by atoms with Gasteiger partial charge in [0.1, 0.15) is 5.82 Å². The largest absolute Gasteiger partial charge is 0.327 e. The molecule has 21 heavy (non-hydrogen) atoms. The summed E-state index contributed by atoms with van der Waals surface area (Å²) in [7, 11) is 0. The first kappa shape index (κ1) is 16.4. The third-order valence-electron chi connectivity index (χ3n) is 3.88. The molecule has 1 aromatic carbocycles. The Hall–Kier alpha value is -1.00. The zero-order valence-electron chi connectivity index (χ0n) is 13.2. The summed E-state index contributed by atoms with van der Waals surface area (Å²) in [5.41, 5.74) is 8.68. The number of nitrogens with zero attached hydrogens (tertiary/aromatic N) is 2. The van der Waals surface area contributed by atoms with Gasteiger partial charge >= 0.3 is 0 Å². The molecule has 0 aliphatic carbocycles. The van der Waals surface area contributed by atoms with E-state index < -0.39 is 0 Å². The third kappa shape index (κ3) is 4.24. The van der Waals surface area contributed by atoms with Crippen LogP contribution in [0.3, 0.4) is 0 Å². The van der Waals surface area contributed by atoms with E-state index in [0.29, 0.717) is 0 Å². The van der Waals surface area contributed by atoms with Gasteiger partial charge in [0.2, 0.25) is 0 Å². The van der Waals surface area contributed by atoms with Crippen LogP contribution in [-0.2, 0) is 6.54 Å². The second-order valence-electron chi connectivity index (χ2n) is 5.56. The minimum absolute atomic E-state index is 0.0380. The smallest absolute Gasteiger partial charge is 0.126 e. The van der Waals surface area contributed by atoms with E-state index in [4.69, 9.17) is 10.7 Å². The molecule has 2 N–H and O–H groups in total. The Kier molecular flexibility index (Phi) is 6.58. The zero-order valence-corrected chi connectivity index (χ0v) is 14.0. The Morgan fingerprint density at radius 1 is 1.24 bits per heavy atom. The Bertz CT molecular complexity index is 550. The van der Waals surface area contributed by atoms with Gasteiger partial charge < -0.3 is 10.3 Å². The molecule has 1 unspecified atom stereocenters. The number of hydrogen-bond acceptors (Lipinski definition) is 3. The fourth-order valence-electron chi connectivity index (χ4n) is 2.68. The van der Waals surface area contributed by atoms with E-state index in [0.717, 1.165) is 30.1 Å². The predicted octanol–water partition coefficient (Wildman–Crippen LogP) is 4.37. The van der Waals surface area contributed by atoms with Gasteiger partial charge in [0.05, 0.1) is 17.1 Å². The van der Waals surface area contributed by atoms with Crippen LogP contribution >= 0.6 is 11.8 Å². The lowest BCUT2D eigenvalue weighted by Crippen LogP contribution is -2.17. The zero-order chi connectivity index (χ0) is 15.1. The first-order valence-corrected chi connectivity index (χ1v) is 9.37. The number of imidazole rings is 1. The van der Waals surface area contributed by atoms with E-state index in [1.807, 2.05) is 17.8 Å². The highest BCUT2D eigenvalue weighted by Gasteiger charge is 2.16. The lowest BCUT2D eigenvalue weighted by molar-refractivity contribution is 0.542. The van der Waals surface area contributed by atoms with Gasteiger partial charge in [0, 0.05) is 6.54 Å². The van der Waals surface area contributed by atoms with Gasteiger partial charge in [-0.15, -0.1) is 0 Å². The normalized spacial score (nSPS) is 12.9. The summed E-state index contributed by atoms with van der Waals surface area (Å²) >= 11 is 1.84. The van der Waals surface area contributed by atoms with Crippen molar-refractivity contribution >= 4 is 22.8 Å². The highest BCUT2D eigenvalue weighted by Crippen LogP contribution is 2.23. The van der Waals surface area contributed by atoms with Crippen molar-refractivity contribution in [2.24, 2.45) is 5.73 Å². The van der Waals surface area contributed by atoms with E-state index >= 15 is 0 Å². The maximum Gasteiger partial charge on any atom is 0.126 e. The molecule has 1 atom stereocenters. The number of hydrogen-bond donors (Lipinski definition) is 1. The molecule has 0 fully saturated rings. The second kappa shape index (κ2) is 8.44. The van der Waals surface area contributed by atoms with Crippen LogP contribution in [0.1, 0.15) is 50.9 Å². The van der Waals surface area contributed by atoms with Crippen LogP contribution in [0.15, 0.2) is 24.3 Å². The lowest BCUT2D eigenvalue weighted by atomic mass is 10.2. The maximum absolute atomic E-state index is 6.38. The van der Waals surface area contributed by atoms with Crippen molar-refractivity contribution in [3.05, 3.63) is 30.1 Å². The van der Waals surface area contributed by atoms with E-state index in [-0.39, 0.29) is 6.04 Å². The maximum atomic E-state index is 6.38. The van der Waals surface area contributed by atoms with Gasteiger partial charge in [0.25, 0.3) is 0 Å². The highest BCUT2D eigenvalue weighted by molar-refractivity contribution is 7.98. The first-order chi connectivity index (χ1) is 10.3. The molecule has 2 rings (SSSR count). The fraction of sp³-hybridized carbons (Fsp3) is 0.588. The van der Waals surface area contributed by atoms with Crippen LogP contribution in [0.4, 0.5) is 0 Å². The molecule has 0 spiro atoms. The van der Waals surface area contributed by atoms with Crippen LogP contribution in [0.2, 0.25) is 0 Å². The van der Waals surface area contributed by atoms with Crippen LogP contribution in [0.25, 0.3) is 11.0 Å². The molecule has 116 valence electrons. The Balaban J connectivity index is 2.21. The molecule has 0 radical (unpaired) electrons. The number of thioether (sulfide) groups is 1. The molecule has 0 aliphatic heterocycles. The monoisotopic (exact) mass is 305 g/mol. The lowest BCUT2D eigenvalue weighted by Gasteiger charge is -2.14. The minimum Gasteiger partial charge on any atom is -0.327 e. The second-order valence-corrected chi connectivity index (χ2v) is 6.54. The average Bonchev–Trinajstić information content (AvgIpc) is 2.88. The van der Waals surface area contributed by atoms with Crippen molar-refractivity contribution in [2.75, 3.05) is 12.0 Å². The predicted molar refractivity (Wildman–Crippen MR) is 93.8 cm³/mol. The molecule has 0 amide bonds. The number of benzene rings is 1. The van der Waals surface area contributed by atoms with Gasteiger partial charge in [-0.25, -0.2) is 4.98 Å². The first-order valence-electron chi connectivity index (χ1n) is 7.97. The van der Waals surface area contributed by atoms with Crippen LogP contribution < -0.4 is 5.73 Å². The molecular formula is C17H27N3S. The minimum atomic E-state index is 0.0380. The van der Waals surface area contributed by atoms with Gasteiger partial charge in [-0.3, -0.25) is 0 Å². The number of aryl methyl sites for hydroxylation is 1. The molecule has 0 bridgehead atoms. The summed E-state index contributed by atoms with van der Waals surface area (Å²) in [5, 5.41) is 0. The number of para-hydroxylation sites is 2. The number of nitrogens with two attached hydrogens (primary N) is 1. The molecule has 0 saturated carbocycles. The quantitative estimate of drug-likeness (QED) is 0.700. The fourth-order valence-corrected chi connectivity index (χ4v) is 3.17. The standard InChI is InChI=1S/C17H27N3S/c1-3-4-5-8-12-20-16-10-7-6-9-15(16)19-17(20)14(18)11-13-21-2/h6-7,9-10,14H,3-5,8,11-13,18H2,1-2H3. The van der Waals surface area contributed by atoms with Crippen molar-refractivity contribution in [1.29, 1.82) is 0 Å². The topological polar surface area (TPSA) is 43.8 Å². The van der Waals surface area contributed by atoms with Crippen LogP contribution in [-0.4, -0.2) is 21.6 Å². The van der Waals surface area contributed by atoms with E-state index in [1.54, 1.807) is 0 Å². The summed E-state index contributed by atoms with van der Waals surface area (Å²) < 4.78 is 2.34. The number of unbranched alkanes of at least 4 members (excludes halogenated alkanes) is 3. The molecule has 2 aromatic rings. The summed E-state index contributed by atoms with van der Waals surface area (Å²) in [6.07, 6.45) is 8.17. The Morgan fingerprint density at radius 2 is 2.05 bits per heavy atom. The number of rotatable bonds is 9. The Morgan fingerprint density at radius 3 is 2.81 bits per heavy atom. The van der Waals surface area contributed by atoms with Crippen LogP contribution in [0.5, 0.6) is 0 Å². The van der Waals surface area contributed by atoms with Crippen molar-refractivity contribution in [3.63, 3.8) is 0 Å². The average molecular weight is 305 g/mol. The van der Waals surface area contributed by atoms with Crippen molar-refractivity contribution in [2.45, 2.75) is 51.6 Å². The number of fused-ring (bicyclic) bond motifs is 1. The molecule has 0 saturated heterocycles. The third-order valence-corrected chi connectivity index (χ3v) is 4.53. The molecule has 1 heterocycles. The molecule has 1 aromatic heterocycles. The molecule has 4 heteroatoms. The Labute approximate surface area is 132 Å².